The van der Waals surface area contributed by atoms with Gasteiger partial charge in [0, 0.05) is 17.1 Å². The summed E-state index contributed by atoms with van der Waals surface area (Å²) in [6.45, 7) is 6.05. The third kappa shape index (κ3) is 4.12. The molecule has 1 amide bonds. The van der Waals surface area contributed by atoms with Crippen LogP contribution < -0.4 is 5.32 Å². The van der Waals surface area contributed by atoms with Crippen molar-refractivity contribution < 1.29 is 9.18 Å². The van der Waals surface area contributed by atoms with Gasteiger partial charge >= 0.3 is 0 Å². The summed E-state index contributed by atoms with van der Waals surface area (Å²) in [5, 5.41) is 12.0. The highest BCUT2D eigenvalue weighted by Gasteiger charge is 2.16. The van der Waals surface area contributed by atoms with E-state index in [1.165, 1.54) is 23.8 Å². The Balaban J connectivity index is 1.98. The second-order valence-corrected chi connectivity index (χ2v) is 6.75. The van der Waals surface area contributed by atoms with E-state index in [0.29, 0.717) is 0 Å². The maximum Gasteiger partial charge on any atom is 0.266 e. The molecule has 0 fully saturated rings. The summed E-state index contributed by atoms with van der Waals surface area (Å²) in [6, 6.07) is 17.9. The number of halogens is 1. The van der Waals surface area contributed by atoms with E-state index in [2.05, 4.69) is 28.9 Å². The standard InChI is InChI=1S/C24H22FN3O/c1-4-18-9-5-8-12-23(18)28-16(2)13-19(17(28)3)14-20(15-26)24(29)27-22-11-7-6-10-21(22)25/h5-14H,4H2,1-3H3,(H,27,29). The van der Waals surface area contributed by atoms with E-state index in [1.54, 1.807) is 12.1 Å². The van der Waals surface area contributed by atoms with Crippen molar-refractivity contribution in [3.63, 3.8) is 0 Å². The molecule has 3 aromatic rings. The molecule has 0 unspecified atom stereocenters. The Labute approximate surface area is 169 Å². The van der Waals surface area contributed by atoms with Gasteiger partial charge in [-0.3, -0.25) is 4.79 Å². The van der Waals surface area contributed by atoms with Crippen LogP contribution in [0.1, 0.15) is 29.4 Å². The summed E-state index contributed by atoms with van der Waals surface area (Å²) >= 11 is 0. The van der Waals surface area contributed by atoms with Crippen molar-refractivity contribution in [2.75, 3.05) is 5.32 Å². The second-order valence-electron chi connectivity index (χ2n) is 6.75. The highest BCUT2D eigenvalue weighted by Crippen LogP contribution is 2.25. The Morgan fingerprint density at radius 2 is 1.86 bits per heavy atom. The van der Waals surface area contributed by atoms with Gasteiger partial charge in [-0.05, 0) is 61.7 Å². The number of rotatable bonds is 5. The van der Waals surface area contributed by atoms with Crippen molar-refractivity contribution in [2.45, 2.75) is 27.2 Å². The van der Waals surface area contributed by atoms with Gasteiger partial charge in [0.15, 0.2) is 0 Å². The zero-order valence-corrected chi connectivity index (χ0v) is 16.7. The van der Waals surface area contributed by atoms with Crippen molar-refractivity contribution in [1.82, 2.24) is 4.57 Å². The molecule has 0 aliphatic carbocycles. The van der Waals surface area contributed by atoms with Gasteiger partial charge in [-0.1, -0.05) is 37.3 Å². The minimum atomic E-state index is -0.642. The maximum absolute atomic E-state index is 13.8. The molecule has 0 aliphatic rings. The molecule has 0 atom stereocenters. The zero-order valence-electron chi connectivity index (χ0n) is 16.7. The predicted octanol–water partition coefficient (Wildman–Crippen LogP) is 5.34. The number of nitrogens with one attached hydrogen (secondary N) is 1. The molecule has 3 rings (SSSR count). The van der Waals surface area contributed by atoms with E-state index in [4.69, 9.17) is 0 Å². The van der Waals surface area contributed by atoms with Crippen LogP contribution in [0, 0.1) is 31.0 Å². The SMILES string of the molecule is CCc1ccccc1-n1c(C)cc(C=C(C#N)C(=O)Nc2ccccc2F)c1C. The highest BCUT2D eigenvalue weighted by atomic mass is 19.1. The quantitative estimate of drug-likeness (QED) is 0.474. The number of aromatic nitrogens is 1. The van der Waals surface area contributed by atoms with Crippen LogP contribution in [0.2, 0.25) is 0 Å². The first-order chi connectivity index (χ1) is 14.0. The molecule has 1 N–H and O–H groups in total. The van der Waals surface area contributed by atoms with Gasteiger partial charge in [-0.15, -0.1) is 0 Å². The first-order valence-electron chi connectivity index (χ1n) is 9.41. The number of nitrogens with zero attached hydrogens (tertiary/aromatic N) is 2. The summed E-state index contributed by atoms with van der Waals surface area (Å²) in [4.78, 5) is 12.5. The molecule has 0 saturated carbocycles. The minimum absolute atomic E-state index is 0.0426. The number of hydrogen-bond acceptors (Lipinski definition) is 2. The Hall–Kier alpha value is -3.65. The molecule has 0 saturated heterocycles. The lowest BCUT2D eigenvalue weighted by Crippen LogP contribution is -2.14. The van der Waals surface area contributed by atoms with Crippen LogP contribution in [0.15, 0.2) is 60.2 Å². The van der Waals surface area contributed by atoms with Gasteiger partial charge in [0.05, 0.1) is 5.69 Å². The predicted molar refractivity (Wildman–Crippen MR) is 113 cm³/mol. The zero-order chi connectivity index (χ0) is 21.0. The van der Waals surface area contributed by atoms with Crippen molar-refractivity contribution in [3.05, 3.63) is 88.5 Å². The van der Waals surface area contributed by atoms with Gasteiger partial charge in [0.25, 0.3) is 5.91 Å². The van der Waals surface area contributed by atoms with E-state index < -0.39 is 11.7 Å². The summed E-state index contributed by atoms with van der Waals surface area (Å²) in [5.41, 5.74) is 4.95. The van der Waals surface area contributed by atoms with Gasteiger partial charge in [0.2, 0.25) is 0 Å². The largest absolute Gasteiger partial charge is 0.319 e. The Kier molecular flexibility index (Phi) is 5.94. The average molecular weight is 387 g/mol. The van der Waals surface area contributed by atoms with E-state index in [9.17, 15) is 14.4 Å². The Bertz CT molecular complexity index is 1140. The van der Waals surface area contributed by atoms with Crippen molar-refractivity contribution >= 4 is 17.7 Å². The second kappa shape index (κ2) is 8.57. The molecule has 0 aliphatic heterocycles. The van der Waals surface area contributed by atoms with E-state index in [0.717, 1.165) is 29.1 Å². The van der Waals surface area contributed by atoms with Crippen molar-refractivity contribution in [3.8, 4) is 11.8 Å². The maximum atomic E-state index is 13.8. The van der Waals surface area contributed by atoms with E-state index in [-0.39, 0.29) is 11.3 Å². The Morgan fingerprint density at radius 1 is 1.17 bits per heavy atom. The highest BCUT2D eigenvalue weighted by molar-refractivity contribution is 6.09. The number of carbonyl (C=O) groups excluding carboxylic acids is 1. The molecule has 5 heteroatoms. The molecule has 2 aromatic carbocycles. The van der Waals surface area contributed by atoms with Gasteiger partial charge in [-0.25, -0.2) is 4.39 Å². The molecule has 0 radical (unpaired) electrons. The van der Waals surface area contributed by atoms with E-state index >= 15 is 0 Å². The van der Waals surface area contributed by atoms with Gasteiger partial charge in [0.1, 0.15) is 17.5 Å². The topological polar surface area (TPSA) is 57.8 Å². The first kappa shape index (κ1) is 20.1. The summed E-state index contributed by atoms with van der Waals surface area (Å²) in [6.07, 6.45) is 2.44. The lowest BCUT2D eigenvalue weighted by atomic mass is 10.1. The molecule has 1 aromatic heterocycles. The summed E-state index contributed by atoms with van der Waals surface area (Å²) < 4.78 is 15.9. The fourth-order valence-corrected chi connectivity index (χ4v) is 3.39. The monoisotopic (exact) mass is 387 g/mol. The van der Waals surface area contributed by atoms with Crippen LogP contribution in [0.5, 0.6) is 0 Å². The number of nitriles is 1. The van der Waals surface area contributed by atoms with Crippen LogP contribution >= 0.6 is 0 Å². The first-order valence-corrected chi connectivity index (χ1v) is 9.41. The van der Waals surface area contributed by atoms with Crippen LogP contribution in [0.3, 0.4) is 0 Å². The molecule has 146 valence electrons. The smallest absolute Gasteiger partial charge is 0.266 e. The van der Waals surface area contributed by atoms with Crippen molar-refractivity contribution in [1.29, 1.82) is 5.26 Å². The van der Waals surface area contributed by atoms with Crippen LogP contribution in [0.25, 0.3) is 11.8 Å². The number of hydrogen-bond donors (Lipinski definition) is 1. The van der Waals surface area contributed by atoms with Crippen LogP contribution in [-0.2, 0) is 11.2 Å². The molecular weight excluding hydrogens is 365 g/mol. The summed E-state index contributed by atoms with van der Waals surface area (Å²) in [7, 11) is 0. The molecule has 0 bridgehead atoms. The third-order valence-electron chi connectivity index (χ3n) is 4.87. The fourth-order valence-electron chi connectivity index (χ4n) is 3.39. The number of anilines is 1. The number of carbonyl (C=O) groups is 1. The fraction of sp³-hybridized carbons (Fsp3) is 0.167. The molecule has 29 heavy (non-hydrogen) atoms. The minimum Gasteiger partial charge on any atom is -0.319 e. The molecule has 0 spiro atoms. The lowest BCUT2D eigenvalue weighted by Gasteiger charge is -2.14. The number of benzene rings is 2. The van der Waals surface area contributed by atoms with Gasteiger partial charge < -0.3 is 9.88 Å². The lowest BCUT2D eigenvalue weighted by molar-refractivity contribution is -0.112. The summed E-state index contributed by atoms with van der Waals surface area (Å²) in [5.74, 6) is -1.19. The third-order valence-corrected chi connectivity index (χ3v) is 4.87. The molecule has 1 heterocycles. The van der Waals surface area contributed by atoms with E-state index in [1.807, 2.05) is 38.1 Å². The molecular formula is C24H22FN3O. The number of aryl methyl sites for hydroxylation is 2. The number of para-hydroxylation sites is 2. The molecule has 4 nitrogen and oxygen atoms in total. The average Bonchev–Trinajstić information content (AvgIpc) is 3.00. The number of amides is 1. The normalized spacial score (nSPS) is 11.2. The van der Waals surface area contributed by atoms with Crippen LogP contribution in [-0.4, -0.2) is 10.5 Å². The van der Waals surface area contributed by atoms with Crippen molar-refractivity contribution in [2.24, 2.45) is 0 Å². The van der Waals surface area contributed by atoms with Crippen LogP contribution in [0.4, 0.5) is 10.1 Å². The Morgan fingerprint density at radius 3 is 2.55 bits per heavy atom. The van der Waals surface area contributed by atoms with Gasteiger partial charge in [-0.2, -0.15) is 5.26 Å².